The lowest BCUT2D eigenvalue weighted by Gasteiger charge is -2.30. The van der Waals surface area contributed by atoms with E-state index in [0.29, 0.717) is 162 Å². The third-order valence-electron chi connectivity index (χ3n) is 24.9. The number of ether oxygens (including phenoxy) is 2. The van der Waals surface area contributed by atoms with Crippen molar-refractivity contribution in [3.05, 3.63) is 258 Å². The van der Waals surface area contributed by atoms with E-state index in [9.17, 15) is 49.5 Å². The minimum absolute atomic E-state index is 0.235. The molecular weight excluding hydrogens is 1560 g/mol. The lowest BCUT2D eigenvalue weighted by Crippen LogP contribution is -2.48. The molecule has 8 aromatic carbocycles. The average molecular weight is 1650 g/mol. The summed E-state index contributed by atoms with van der Waals surface area (Å²) in [5.41, 5.74) is 13.3. The number of anilines is 5. The number of ketones is 5. The van der Waals surface area contributed by atoms with Gasteiger partial charge in [0.2, 0.25) is 34.8 Å². The van der Waals surface area contributed by atoms with Crippen LogP contribution in [0.5, 0.6) is 11.6 Å². The minimum Gasteiger partial charge on any atom is -0.497 e. The van der Waals surface area contributed by atoms with Gasteiger partial charge in [0.05, 0.1) is 65.5 Å². The predicted molar refractivity (Wildman–Crippen MR) is 474 cm³/mol. The van der Waals surface area contributed by atoms with Crippen molar-refractivity contribution in [3.63, 3.8) is 0 Å². The van der Waals surface area contributed by atoms with Crippen LogP contribution < -0.4 is 34.0 Å². The molecule has 25 nitrogen and oxygen atoms in total. The first-order valence-corrected chi connectivity index (χ1v) is 41.3. The minimum atomic E-state index is -1.59. The summed E-state index contributed by atoms with van der Waals surface area (Å²) in [6.45, 7) is 26.3. The highest BCUT2D eigenvalue weighted by atomic mass is 32.1. The first kappa shape index (κ1) is 82.8. The molecule has 5 saturated heterocycles. The number of amidine groups is 5. The summed E-state index contributed by atoms with van der Waals surface area (Å²) in [6, 6.07) is 47.4. The van der Waals surface area contributed by atoms with E-state index in [1.54, 1.807) is 44.8 Å². The lowest BCUT2D eigenvalue weighted by atomic mass is 9.86. The molecule has 0 amide bonds. The van der Waals surface area contributed by atoms with Gasteiger partial charge in [0.15, 0.2) is 33.8 Å². The Bertz CT molecular complexity index is 6210. The van der Waals surface area contributed by atoms with Crippen molar-refractivity contribution < 1.29 is 59.0 Å². The van der Waals surface area contributed by atoms with Crippen LogP contribution in [0.2, 0.25) is 0 Å². The summed E-state index contributed by atoms with van der Waals surface area (Å²) in [5.74, 6) is 1.93. The molecule has 0 aliphatic carbocycles. The number of aliphatic hydroxyl groups is 5. The van der Waals surface area contributed by atoms with E-state index in [-0.39, 0.29) is 28.9 Å². The maximum atomic E-state index is 13.0. The van der Waals surface area contributed by atoms with Gasteiger partial charge in [-0.3, -0.25) is 24.0 Å². The van der Waals surface area contributed by atoms with E-state index in [1.807, 2.05) is 229 Å². The van der Waals surface area contributed by atoms with Gasteiger partial charge >= 0.3 is 0 Å². The van der Waals surface area contributed by atoms with Crippen molar-refractivity contribution >= 4 is 126 Å². The molecule has 5 fully saturated rings. The fourth-order valence-electron chi connectivity index (χ4n) is 17.2. The summed E-state index contributed by atoms with van der Waals surface area (Å²) < 4.78 is 10.5. The number of carbonyl (C=O) groups is 5. The second kappa shape index (κ2) is 31.3. The summed E-state index contributed by atoms with van der Waals surface area (Å²) in [6.07, 6.45) is 5.06. The SMILES string of the molecule is COc1cc(N2CC[C@@]3(O)C(=O)c4cc(C)c(C)cc4N=C23)ccn1.COc1cccc(N2CC[C@@]3(O)C(=O)c4cc(C)c(C)cc4N=C23)c1.Cc1cc2c(cc1C)C(=O)[C@]1(O)CCN(c3ccc(C#N)c(C)c3)C1=N2.Cc1ccc2c(c1)C(=O)[C@]1(O)CCN(c3cnc(C)s3)C1=N2.Cc1cccc(N2CC[C@@]3(O)C(=O)c4cc(C)c(C)cc4N=C23)c1. The molecule has 5 atom stereocenters. The first-order chi connectivity index (χ1) is 58.1. The largest absolute Gasteiger partial charge is 0.497 e. The zero-order valence-electron chi connectivity index (χ0n) is 70.4. The number of methoxy groups -OCH3 is 2. The maximum Gasteiger partial charge on any atom is 0.214 e. The van der Waals surface area contributed by atoms with E-state index in [4.69, 9.17) is 19.7 Å². The molecule has 0 spiro atoms. The molecule has 10 aliphatic heterocycles. The Hall–Kier alpha value is -12.9. The number of fused-ring (bicyclic) bond motifs is 10. The Balaban J connectivity index is 0.000000113. The van der Waals surface area contributed by atoms with E-state index in [1.165, 1.54) is 11.3 Å². The molecule has 26 heteroatoms. The number of aryl methyl sites for hydroxylation is 12. The molecule has 12 heterocycles. The third-order valence-corrected chi connectivity index (χ3v) is 25.8. The van der Waals surface area contributed by atoms with Crippen LogP contribution in [0.4, 0.5) is 56.2 Å². The van der Waals surface area contributed by atoms with Crippen LogP contribution in [-0.2, 0) is 0 Å². The van der Waals surface area contributed by atoms with Crippen LogP contribution in [0.25, 0.3) is 0 Å². The standard InChI is InChI=1S/C21H19N3O2.C20H20N2O3.C20H20N2O2.C19H19N3O3.C16H15N3O2S/c1-12-9-17-18(10-13(12)2)23-20-21(26,19(17)25)6-7-24(20)16-5-4-15(11-22)14(3)8-16;1-12-9-16-17(10-13(12)2)21-19-20(24,18(16)23)7-8-22(19)14-5-4-6-15(11-14)25-3;1-12-5-4-6-15(9-12)22-8-7-20(24)18(23)16-10-13(2)14(3)11-17(16)21-19(20)22;1-11-8-14-15(9-12(11)2)21-18-19(24,17(14)23)5-7-22(18)13-4-6-20-16(10-13)25-3;1-9-3-4-12-11(7-9)14(20)16(21)5-6-19(15(16)18-12)13-8-17-10(2)22-13/h4-5,8-10,26H,6-7H2,1-3H3;4-6,9-11,24H,7-8H2,1-3H3;4-6,9-11,24H,7-8H2,1-3H3;4,6,8-10,24H,5,7H2,1-3H3;3-4,7-8,21H,5-6H2,1-2H3/t21-;2*20-;19-;16-/m11111/s1. The third kappa shape index (κ3) is 14.1. The van der Waals surface area contributed by atoms with Gasteiger partial charge < -0.3 is 59.5 Å². The van der Waals surface area contributed by atoms with Crippen LogP contribution in [0.3, 0.4) is 0 Å². The highest BCUT2D eigenvalue weighted by Gasteiger charge is 2.58. The average Bonchev–Trinajstić information content (AvgIpc) is 1.57. The number of hydrogen-bond acceptors (Lipinski definition) is 26. The molecule has 620 valence electrons. The number of carbonyl (C=O) groups excluding carboxylic acids is 5. The second-order valence-electron chi connectivity index (χ2n) is 32.9. The summed E-state index contributed by atoms with van der Waals surface area (Å²) in [5, 5.41) is 66.2. The molecule has 5 N–H and O–H groups in total. The first-order valence-electron chi connectivity index (χ1n) is 40.5. The van der Waals surface area contributed by atoms with Crippen LogP contribution >= 0.6 is 11.3 Å². The predicted octanol–water partition coefficient (Wildman–Crippen LogP) is 15.2. The normalized spacial score (nSPS) is 22.0. The zero-order chi connectivity index (χ0) is 86.7. The van der Waals surface area contributed by atoms with Gasteiger partial charge in [-0.25, -0.2) is 34.9 Å². The van der Waals surface area contributed by atoms with Crippen LogP contribution in [-0.4, -0.2) is 169 Å². The van der Waals surface area contributed by atoms with Crippen molar-refractivity contribution in [2.24, 2.45) is 25.0 Å². The number of aliphatic imine (C=N–C) groups is 5. The Morgan fingerprint density at radius 2 is 0.721 bits per heavy atom. The molecule has 10 aromatic rings. The van der Waals surface area contributed by atoms with Gasteiger partial charge in [-0.2, -0.15) is 5.26 Å². The maximum absolute atomic E-state index is 13.0. The molecule has 0 bridgehead atoms. The van der Waals surface area contributed by atoms with Crippen LogP contribution in [0.1, 0.15) is 156 Å². The zero-order valence-corrected chi connectivity index (χ0v) is 71.2. The topological polar surface area (TPSA) is 333 Å². The van der Waals surface area contributed by atoms with Gasteiger partial charge in [0.25, 0.3) is 0 Å². The Kier molecular flexibility index (Phi) is 21.2. The smallest absolute Gasteiger partial charge is 0.214 e. The van der Waals surface area contributed by atoms with Crippen molar-refractivity contribution in [2.75, 3.05) is 71.4 Å². The molecule has 20 rings (SSSR count). The monoisotopic (exact) mass is 1650 g/mol. The highest BCUT2D eigenvalue weighted by Crippen LogP contribution is 2.48. The number of benzene rings is 8. The fraction of sp³-hybridized carbons (Fsp3) is 0.302. The molecule has 0 radical (unpaired) electrons. The number of rotatable bonds is 7. The lowest BCUT2D eigenvalue weighted by molar-refractivity contribution is 0.0600. The number of thiazole rings is 1. The van der Waals surface area contributed by atoms with Crippen molar-refractivity contribution in [2.45, 2.75) is 143 Å². The number of pyridine rings is 1. The molecule has 0 saturated carbocycles. The fourth-order valence-corrected chi connectivity index (χ4v) is 18.0. The number of nitrogens with zero attached hydrogens (tertiary/aromatic N) is 13. The second-order valence-corrected chi connectivity index (χ2v) is 34.1. The molecule has 2 aromatic heterocycles. The van der Waals surface area contributed by atoms with Crippen LogP contribution in [0.15, 0.2) is 183 Å². The van der Waals surface area contributed by atoms with E-state index in [0.717, 1.165) is 99.7 Å². The van der Waals surface area contributed by atoms with Gasteiger partial charge in [-0.1, -0.05) is 29.8 Å². The summed E-state index contributed by atoms with van der Waals surface area (Å²) in [7, 11) is 3.16. The van der Waals surface area contributed by atoms with Crippen molar-refractivity contribution in [1.29, 1.82) is 5.26 Å². The van der Waals surface area contributed by atoms with E-state index in [2.05, 4.69) is 42.1 Å². The van der Waals surface area contributed by atoms with E-state index >= 15 is 0 Å². The van der Waals surface area contributed by atoms with Gasteiger partial charge in [-0.15, -0.1) is 11.3 Å². The molecule has 122 heavy (non-hydrogen) atoms. The quantitative estimate of drug-likeness (QED) is 0.0989. The Morgan fingerprint density at radius 3 is 1.11 bits per heavy atom. The highest BCUT2D eigenvalue weighted by molar-refractivity contribution is 7.15. The van der Waals surface area contributed by atoms with Gasteiger partial charge in [-0.05, 0) is 248 Å². The van der Waals surface area contributed by atoms with Crippen molar-refractivity contribution in [3.8, 4) is 17.7 Å². The number of hydrogen-bond donors (Lipinski definition) is 5. The Morgan fingerprint density at radius 1 is 0.361 bits per heavy atom. The van der Waals surface area contributed by atoms with Crippen LogP contribution in [0, 0.1) is 94.4 Å². The number of nitriles is 1. The molecule has 0 unspecified atom stereocenters. The van der Waals surface area contributed by atoms with Gasteiger partial charge in [0.1, 0.15) is 34.1 Å². The van der Waals surface area contributed by atoms with Crippen molar-refractivity contribution in [1.82, 2.24) is 9.97 Å². The molecular formula is C96H93N13O12S. The molecule has 10 aliphatic rings. The summed E-state index contributed by atoms with van der Waals surface area (Å²) in [4.78, 5) is 106. The Labute approximate surface area is 710 Å². The van der Waals surface area contributed by atoms with E-state index < -0.39 is 28.0 Å². The number of aromatic nitrogens is 2. The summed E-state index contributed by atoms with van der Waals surface area (Å²) >= 11 is 1.54. The van der Waals surface area contributed by atoms with Gasteiger partial charge in [0, 0.05) is 134 Å². The number of Topliss-reactive ketones (excluding diaryl/α,β-unsaturated/α-hetero) is 5.